The van der Waals surface area contributed by atoms with Gasteiger partial charge in [0.05, 0.1) is 25.4 Å². The molecule has 170 valence electrons. The molecule has 0 unspecified atom stereocenters. The number of nitrogens with two attached hydrogens (primary N) is 1. The molecule has 0 aliphatic carbocycles. The zero-order valence-electron chi connectivity index (χ0n) is 18.0. The van der Waals surface area contributed by atoms with Gasteiger partial charge in [-0.3, -0.25) is 4.99 Å². The van der Waals surface area contributed by atoms with Gasteiger partial charge in [0.25, 0.3) is 0 Å². The highest BCUT2D eigenvalue weighted by molar-refractivity contribution is 14.0. The molecule has 2 aromatic rings. The first-order valence-electron chi connectivity index (χ1n) is 10.4. The van der Waals surface area contributed by atoms with E-state index in [2.05, 4.69) is 10.3 Å². The quantitative estimate of drug-likeness (QED) is 0.287. The predicted molar refractivity (Wildman–Crippen MR) is 132 cm³/mol. The minimum Gasteiger partial charge on any atom is -0.494 e. The molecule has 0 saturated carbocycles. The van der Waals surface area contributed by atoms with Crippen LogP contribution in [0.3, 0.4) is 0 Å². The Kier molecular flexibility index (Phi) is 9.83. The molecule has 0 atom stereocenters. The van der Waals surface area contributed by atoms with E-state index in [0.29, 0.717) is 44.4 Å². The maximum atomic E-state index is 13.4. The molecule has 1 heterocycles. The van der Waals surface area contributed by atoms with Gasteiger partial charge in [-0.2, -0.15) is 0 Å². The number of aliphatic imine (C=N–C) groups is 1. The summed E-state index contributed by atoms with van der Waals surface area (Å²) in [5.74, 6) is 1.45. The summed E-state index contributed by atoms with van der Waals surface area (Å²) in [6.45, 7) is 6.73. The lowest BCUT2D eigenvalue weighted by Crippen LogP contribution is -2.38. The van der Waals surface area contributed by atoms with Crippen LogP contribution >= 0.6 is 24.0 Å². The van der Waals surface area contributed by atoms with Crippen LogP contribution in [0.4, 0.5) is 10.1 Å². The Balaban J connectivity index is 0.00000341. The van der Waals surface area contributed by atoms with Crippen LogP contribution in [0, 0.1) is 5.82 Å². The summed E-state index contributed by atoms with van der Waals surface area (Å²) >= 11 is 0. The molecule has 0 bridgehead atoms. The molecule has 1 aliphatic rings. The van der Waals surface area contributed by atoms with Crippen molar-refractivity contribution in [1.82, 2.24) is 0 Å². The first-order chi connectivity index (χ1) is 14.6. The average Bonchev–Trinajstić information content (AvgIpc) is 2.75. The average molecular weight is 543 g/mol. The predicted octanol–water partition coefficient (Wildman–Crippen LogP) is 4.72. The zero-order valence-corrected chi connectivity index (χ0v) is 20.4. The normalized spacial score (nSPS) is 15.6. The van der Waals surface area contributed by atoms with Crippen LogP contribution in [-0.4, -0.2) is 38.9 Å². The maximum Gasteiger partial charge on any atom is 0.193 e. The summed E-state index contributed by atoms with van der Waals surface area (Å²) in [7, 11) is 0. The Morgan fingerprint density at radius 1 is 1.10 bits per heavy atom. The molecular formula is C23H31FIN3O3. The number of guanidine groups is 1. The number of nitrogens with zero attached hydrogens (tertiary/aromatic N) is 1. The number of anilines is 1. The molecule has 3 N–H and O–H groups in total. The van der Waals surface area contributed by atoms with Crippen molar-refractivity contribution < 1.29 is 18.6 Å². The maximum absolute atomic E-state index is 13.4. The van der Waals surface area contributed by atoms with Gasteiger partial charge in [0, 0.05) is 24.7 Å². The Labute approximate surface area is 200 Å². The fraction of sp³-hybridized carbons (Fsp3) is 0.435. The summed E-state index contributed by atoms with van der Waals surface area (Å²) in [6.07, 6.45) is 1.61. The molecule has 1 saturated heterocycles. The molecule has 1 aliphatic heterocycles. The third-order valence-electron chi connectivity index (χ3n) is 5.28. The SMILES string of the molecule is CCOc1ccc(OCC)c(NC(N)=NCC2(c3ccc(F)cc3)CCOCC2)c1.I. The van der Waals surface area contributed by atoms with E-state index >= 15 is 0 Å². The van der Waals surface area contributed by atoms with Crippen molar-refractivity contribution in [3.8, 4) is 11.5 Å². The van der Waals surface area contributed by atoms with Gasteiger partial charge < -0.3 is 25.3 Å². The van der Waals surface area contributed by atoms with E-state index in [1.807, 2.05) is 44.2 Å². The summed E-state index contributed by atoms with van der Waals surface area (Å²) in [6, 6.07) is 12.2. The van der Waals surface area contributed by atoms with Crippen molar-refractivity contribution in [2.24, 2.45) is 10.7 Å². The van der Waals surface area contributed by atoms with E-state index in [-0.39, 0.29) is 41.2 Å². The Bertz CT molecular complexity index is 856. The van der Waals surface area contributed by atoms with Crippen LogP contribution in [0.5, 0.6) is 11.5 Å². The van der Waals surface area contributed by atoms with E-state index in [1.165, 1.54) is 12.1 Å². The number of hydrogen-bond acceptors (Lipinski definition) is 4. The number of rotatable bonds is 8. The molecule has 6 nitrogen and oxygen atoms in total. The van der Waals surface area contributed by atoms with Gasteiger partial charge in [-0.15, -0.1) is 24.0 Å². The van der Waals surface area contributed by atoms with Gasteiger partial charge in [-0.25, -0.2) is 4.39 Å². The largest absolute Gasteiger partial charge is 0.494 e. The number of hydrogen-bond donors (Lipinski definition) is 2. The molecule has 3 rings (SSSR count). The Hall–Kier alpha value is -2.07. The van der Waals surface area contributed by atoms with E-state index in [1.54, 1.807) is 0 Å². The Morgan fingerprint density at radius 2 is 1.77 bits per heavy atom. The molecule has 8 heteroatoms. The van der Waals surface area contributed by atoms with Crippen molar-refractivity contribution in [3.05, 3.63) is 53.8 Å². The zero-order chi connectivity index (χ0) is 21.4. The van der Waals surface area contributed by atoms with Gasteiger partial charge in [-0.05, 0) is 56.5 Å². The lowest BCUT2D eigenvalue weighted by molar-refractivity contribution is 0.0531. The second-order valence-corrected chi connectivity index (χ2v) is 7.25. The van der Waals surface area contributed by atoms with E-state index < -0.39 is 0 Å². The number of halogens is 2. The first kappa shape index (κ1) is 25.2. The first-order valence-corrected chi connectivity index (χ1v) is 10.4. The van der Waals surface area contributed by atoms with Crippen LogP contribution in [0.25, 0.3) is 0 Å². The van der Waals surface area contributed by atoms with Crippen LogP contribution in [0.15, 0.2) is 47.5 Å². The van der Waals surface area contributed by atoms with Crippen molar-refractivity contribution in [2.75, 3.05) is 38.3 Å². The topological polar surface area (TPSA) is 78.1 Å². The van der Waals surface area contributed by atoms with Crippen molar-refractivity contribution in [3.63, 3.8) is 0 Å². The third kappa shape index (κ3) is 6.70. The molecule has 0 radical (unpaired) electrons. The van der Waals surface area contributed by atoms with E-state index in [0.717, 1.165) is 24.2 Å². The molecule has 0 amide bonds. The smallest absolute Gasteiger partial charge is 0.193 e. The molecule has 1 fully saturated rings. The molecule has 0 spiro atoms. The highest BCUT2D eigenvalue weighted by Crippen LogP contribution is 2.35. The number of benzene rings is 2. The number of ether oxygens (including phenoxy) is 3. The fourth-order valence-electron chi connectivity index (χ4n) is 3.66. The van der Waals surface area contributed by atoms with Crippen molar-refractivity contribution in [1.29, 1.82) is 0 Å². The summed E-state index contributed by atoms with van der Waals surface area (Å²) in [4.78, 5) is 4.63. The fourth-order valence-corrected chi connectivity index (χ4v) is 3.66. The second-order valence-electron chi connectivity index (χ2n) is 7.25. The van der Waals surface area contributed by atoms with Crippen LogP contribution in [-0.2, 0) is 10.2 Å². The highest BCUT2D eigenvalue weighted by atomic mass is 127. The molecular weight excluding hydrogens is 512 g/mol. The third-order valence-corrected chi connectivity index (χ3v) is 5.28. The van der Waals surface area contributed by atoms with Gasteiger partial charge >= 0.3 is 0 Å². The van der Waals surface area contributed by atoms with E-state index in [9.17, 15) is 4.39 Å². The summed E-state index contributed by atoms with van der Waals surface area (Å²) < 4.78 is 30.2. The Morgan fingerprint density at radius 3 is 2.42 bits per heavy atom. The highest BCUT2D eigenvalue weighted by Gasteiger charge is 2.34. The summed E-state index contributed by atoms with van der Waals surface area (Å²) in [5.41, 5.74) is 7.75. The van der Waals surface area contributed by atoms with Gasteiger partial charge in [0.15, 0.2) is 5.96 Å². The van der Waals surface area contributed by atoms with E-state index in [4.69, 9.17) is 19.9 Å². The standard InChI is InChI=1S/C23H30FN3O3.HI/c1-3-29-19-9-10-21(30-4-2)20(15-19)27-22(25)26-16-23(11-13-28-14-12-23)17-5-7-18(24)8-6-17;/h5-10,15H,3-4,11-14,16H2,1-2H3,(H3,25,26,27);1H. The van der Waals surface area contributed by atoms with Crippen LogP contribution in [0.1, 0.15) is 32.3 Å². The van der Waals surface area contributed by atoms with Crippen molar-refractivity contribution >= 4 is 35.6 Å². The molecule has 2 aromatic carbocycles. The summed E-state index contributed by atoms with van der Waals surface area (Å²) in [5, 5.41) is 3.14. The lowest BCUT2D eigenvalue weighted by atomic mass is 9.74. The molecule has 31 heavy (non-hydrogen) atoms. The number of nitrogens with one attached hydrogen (secondary N) is 1. The molecule has 0 aromatic heterocycles. The minimum atomic E-state index is -0.247. The second kappa shape index (κ2) is 12.1. The lowest BCUT2D eigenvalue weighted by Gasteiger charge is -2.36. The minimum absolute atomic E-state index is 0. The van der Waals surface area contributed by atoms with Crippen molar-refractivity contribution in [2.45, 2.75) is 32.1 Å². The van der Waals surface area contributed by atoms with Gasteiger partial charge in [0.2, 0.25) is 0 Å². The monoisotopic (exact) mass is 543 g/mol. The van der Waals surface area contributed by atoms with Crippen LogP contribution in [0.2, 0.25) is 0 Å². The van der Waals surface area contributed by atoms with Crippen LogP contribution < -0.4 is 20.5 Å². The van der Waals surface area contributed by atoms with Gasteiger partial charge in [-0.1, -0.05) is 12.1 Å². The van der Waals surface area contributed by atoms with Gasteiger partial charge in [0.1, 0.15) is 17.3 Å².